The molecule has 22 heteroatoms. The van der Waals surface area contributed by atoms with Crippen LogP contribution in [0.15, 0.2) is 76.0 Å². The van der Waals surface area contributed by atoms with Crippen LogP contribution in [0, 0.1) is 0 Å². The van der Waals surface area contributed by atoms with Gasteiger partial charge in [0.2, 0.25) is 23.8 Å². The van der Waals surface area contributed by atoms with E-state index in [0.29, 0.717) is 5.56 Å². The monoisotopic (exact) mass is 902 g/mol. The van der Waals surface area contributed by atoms with Crippen LogP contribution in [0.5, 0.6) is 28.7 Å². The highest BCUT2D eigenvalue weighted by atomic mass is 16.7. The zero-order valence-electron chi connectivity index (χ0n) is 33.5. The molecule has 0 spiro atoms. The number of hydrogen-bond acceptors (Lipinski definition) is 22. The van der Waals surface area contributed by atoms with Crippen molar-refractivity contribution in [1.29, 1.82) is 0 Å². The van der Waals surface area contributed by atoms with Crippen molar-refractivity contribution in [3.63, 3.8) is 0 Å². The molecule has 12 N–H and O–H groups in total. The molecule has 3 saturated heterocycles. The van der Waals surface area contributed by atoms with Gasteiger partial charge in [0, 0.05) is 23.8 Å². The highest BCUT2D eigenvalue weighted by molar-refractivity contribution is 5.88. The van der Waals surface area contributed by atoms with Crippen LogP contribution in [0.3, 0.4) is 0 Å². The molecule has 15 atom stereocenters. The summed E-state index contributed by atoms with van der Waals surface area (Å²) in [6.45, 7) is -0.0756. The predicted octanol–water partition coefficient (Wildman–Crippen LogP) is -1.95. The summed E-state index contributed by atoms with van der Waals surface area (Å²) in [6.07, 6.45) is -23.2. The first kappa shape index (κ1) is 46.5. The van der Waals surface area contributed by atoms with E-state index in [1.807, 2.05) is 0 Å². The van der Waals surface area contributed by atoms with Crippen LogP contribution in [0.25, 0.3) is 28.4 Å². The summed E-state index contributed by atoms with van der Waals surface area (Å²) in [6, 6.07) is 12.8. The lowest BCUT2D eigenvalue weighted by molar-refractivity contribution is -0.319. The van der Waals surface area contributed by atoms with E-state index in [9.17, 15) is 70.9 Å². The van der Waals surface area contributed by atoms with Gasteiger partial charge in [0.25, 0.3) is 0 Å². The number of esters is 1. The first-order chi connectivity index (χ1) is 30.4. The van der Waals surface area contributed by atoms with Crippen molar-refractivity contribution in [2.45, 2.75) is 99.0 Å². The molecule has 0 saturated carbocycles. The zero-order chi connectivity index (χ0) is 46.1. The first-order valence-corrected chi connectivity index (χ1v) is 19.7. The second-order valence-corrected chi connectivity index (χ2v) is 15.3. The van der Waals surface area contributed by atoms with Gasteiger partial charge in [-0.25, -0.2) is 4.79 Å². The largest absolute Gasteiger partial charge is 0.508 e. The highest BCUT2D eigenvalue weighted by Gasteiger charge is 2.50. The van der Waals surface area contributed by atoms with Crippen LogP contribution in [0.2, 0.25) is 0 Å². The van der Waals surface area contributed by atoms with Crippen LogP contribution in [-0.4, -0.2) is 173 Å². The Morgan fingerprint density at radius 3 is 1.95 bits per heavy atom. The average Bonchev–Trinajstić information content (AvgIpc) is 3.27. The minimum atomic E-state index is -2.12. The molecule has 4 aromatic rings. The van der Waals surface area contributed by atoms with Crippen LogP contribution < -0.4 is 14.9 Å². The van der Waals surface area contributed by atoms with Gasteiger partial charge in [0.1, 0.15) is 95.0 Å². The van der Waals surface area contributed by atoms with Gasteiger partial charge in [0.05, 0.1) is 19.3 Å². The summed E-state index contributed by atoms with van der Waals surface area (Å²) in [5.74, 6) is -3.47. The summed E-state index contributed by atoms with van der Waals surface area (Å²) in [5.41, 5.74) is -0.907. The third-order valence-electron chi connectivity index (χ3n) is 10.8. The number of hydrogen-bond donors (Lipinski definition) is 12. The van der Waals surface area contributed by atoms with Crippen molar-refractivity contribution in [2.24, 2.45) is 0 Å². The van der Waals surface area contributed by atoms with Crippen LogP contribution in [-0.2, 0) is 28.5 Å². The van der Waals surface area contributed by atoms with E-state index < -0.39 is 139 Å². The number of aliphatic hydroxyl groups is 9. The van der Waals surface area contributed by atoms with E-state index in [2.05, 4.69) is 0 Å². The number of phenols is 3. The van der Waals surface area contributed by atoms with E-state index in [1.54, 1.807) is 0 Å². The third-order valence-corrected chi connectivity index (χ3v) is 10.8. The van der Waals surface area contributed by atoms with Gasteiger partial charge >= 0.3 is 5.97 Å². The number of phenolic OH excluding ortho intramolecular Hbond substituents is 3. The van der Waals surface area contributed by atoms with Crippen molar-refractivity contribution in [3.8, 4) is 40.1 Å². The maximum Gasteiger partial charge on any atom is 0.331 e. The molecule has 3 aromatic carbocycles. The number of rotatable bonds is 12. The quantitative estimate of drug-likeness (QED) is 0.0543. The van der Waals surface area contributed by atoms with Gasteiger partial charge in [-0.1, -0.05) is 12.1 Å². The summed E-state index contributed by atoms with van der Waals surface area (Å²) in [4.78, 5) is 27.4. The molecular formula is C42H46O22. The minimum absolute atomic E-state index is 0.0263. The molecule has 1 aromatic heterocycles. The van der Waals surface area contributed by atoms with Crippen LogP contribution >= 0.6 is 0 Å². The number of carbonyl (C=O) groups is 1. The lowest BCUT2D eigenvalue weighted by Crippen LogP contribution is -2.62. The van der Waals surface area contributed by atoms with Gasteiger partial charge in [-0.05, 0) is 55.0 Å². The van der Waals surface area contributed by atoms with Crippen LogP contribution in [0.1, 0.15) is 12.5 Å². The Hall–Kier alpha value is -5.44. The Kier molecular flexibility index (Phi) is 14.1. The van der Waals surface area contributed by atoms with Crippen molar-refractivity contribution in [3.05, 3.63) is 82.5 Å². The normalized spacial score (nSPS) is 33.2. The molecule has 0 amide bonds. The van der Waals surface area contributed by atoms with E-state index in [0.717, 1.165) is 18.2 Å². The molecule has 0 aliphatic carbocycles. The first-order valence-electron chi connectivity index (χ1n) is 19.7. The fourth-order valence-corrected chi connectivity index (χ4v) is 7.20. The van der Waals surface area contributed by atoms with Gasteiger partial charge in [-0.3, -0.25) is 4.79 Å². The molecule has 3 fully saturated rings. The number of fused-ring (bicyclic) bond motifs is 1. The Labute approximate surface area is 361 Å². The smallest absolute Gasteiger partial charge is 0.331 e. The van der Waals surface area contributed by atoms with Crippen molar-refractivity contribution >= 4 is 23.0 Å². The minimum Gasteiger partial charge on any atom is -0.508 e. The SMILES string of the molecule is C[C@@H]1O[C@@H](OC[C@@H]2O[C@@H](Oc3c(-c4ccc(O)cc4)oc4cc(O[C@@H]5O[C@@H](CO)[C@@H](O)[C@H](O)[C@@H]5O)cc(O)c4c3=O)[C@H](O)[C@H](O)[C@H]2OC(=O)/C=C/c2ccc(O)cc2)[C@H](O)[C@@H](O)[C@H]1O. The average molecular weight is 903 g/mol. The van der Waals surface area contributed by atoms with E-state index in [4.69, 9.17) is 37.6 Å². The molecule has 22 nitrogen and oxygen atoms in total. The number of ether oxygens (including phenoxy) is 7. The number of benzene rings is 3. The molecule has 346 valence electrons. The van der Waals surface area contributed by atoms with E-state index in [1.165, 1.54) is 61.5 Å². The molecule has 3 aliphatic heterocycles. The predicted molar refractivity (Wildman–Crippen MR) is 212 cm³/mol. The lowest BCUT2D eigenvalue weighted by atomic mass is 9.98. The maximum absolute atomic E-state index is 14.3. The second-order valence-electron chi connectivity index (χ2n) is 15.3. The summed E-state index contributed by atoms with van der Waals surface area (Å²) >= 11 is 0. The van der Waals surface area contributed by atoms with Crippen molar-refractivity contribution in [2.75, 3.05) is 13.2 Å². The summed E-state index contributed by atoms with van der Waals surface area (Å²) < 4.78 is 45.7. The van der Waals surface area contributed by atoms with Gasteiger partial charge in [0.15, 0.2) is 18.2 Å². The summed E-state index contributed by atoms with van der Waals surface area (Å²) in [5, 5.41) is 125. The Bertz CT molecular complexity index is 2330. The van der Waals surface area contributed by atoms with E-state index >= 15 is 0 Å². The molecule has 3 aliphatic rings. The van der Waals surface area contributed by atoms with Crippen molar-refractivity contribution in [1.82, 2.24) is 0 Å². The molecular weight excluding hydrogens is 856 g/mol. The topological polar surface area (TPSA) is 355 Å². The molecule has 0 bridgehead atoms. The summed E-state index contributed by atoms with van der Waals surface area (Å²) in [7, 11) is 0. The Morgan fingerprint density at radius 1 is 0.688 bits per heavy atom. The molecule has 0 unspecified atom stereocenters. The standard InChI is InChI=1S/C42H46O22/c1-16-28(48)31(51)34(54)40(58-16)57-15-25-38(63-26(47)11-4-17-2-7-19(44)8-3-17)33(53)36(56)42(62-25)64-39-30(50)27-22(46)12-21(59-41-35(55)32(52)29(49)24(14-43)61-41)13-23(27)60-37(39)18-5-9-20(45)10-6-18/h2-13,16,24-25,28-29,31-36,38,40-46,48-49,51-56H,14-15H2,1H3/b11-4+/t16-,24-,25-,28-,29+,31-,32-,33-,34+,35-,36+,38-,40+,41+,42-/m0/s1. The molecule has 7 rings (SSSR count). The molecule has 4 heterocycles. The van der Waals surface area contributed by atoms with Gasteiger partial charge in [-0.2, -0.15) is 0 Å². The molecule has 64 heavy (non-hydrogen) atoms. The second kappa shape index (κ2) is 19.3. The third kappa shape index (κ3) is 9.64. The molecule has 0 radical (unpaired) electrons. The Balaban J connectivity index is 1.21. The van der Waals surface area contributed by atoms with E-state index in [-0.39, 0.29) is 28.4 Å². The fraction of sp³-hybridized carbons (Fsp3) is 0.429. The van der Waals surface area contributed by atoms with Crippen LogP contribution in [0.4, 0.5) is 0 Å². The highest BCUT2D eigenvalue weighted by Crippen LogP contribution is 2.39. The van der Waals surface area contributed by atoms with Gasteiger partial charge in [-0.15, -0.1) is 0 Å². The van der Waals surface area contributed by atoms with Gasteiger partial charge < -0.3 is 98.9 Å². The lowest BCUT2D eigenvalue weighted by Gasteiger charge is -2.43. The number of aromatic hydroxyl groups is 3. The maximum atomic E-state index is 14.3. The number of carbonyl (C=O) groups excluding carboxylic acids is 1. The zero-order valence-corrected chi connectivity index (χ0v) is 33.5. The van der Waals surface area contributed by atoms with Crippen molar-refractivity contribution < 1.29 is 104 Å². The number of aliphatic hydroxyl groups excluding tert-OH is 9. The Morgan fingerprint density at radius 2 is 1.28 bits per heavy atom. The fourth-order valence-electron chi connectivity index (χ4n) is 7.20.